The number of nitrogens with one attached hydrogen (secondary N) is 1. The first-order valence-electron chi connectivity index (χ1n) is 3.22. The number of rotatable bonds is 3. The zero-order chi connectivity index (χ0) is 9.19. The standard InChI is InChI=1S/C6H9NO3S2/c1-7-12(9,10)6-2-5(3-8)4-11-6/h2,4,7-8H,3H2,1H3. The maximum absolute atomic E-state index is 11.1. The number of thiophene rings is 1. The molecule has 0 aromatic carbocycles. The van der Waals surface area contributed by atoms with E-state index in [1.807, 2.05) is 0 Å². The Bertz CT molecular complexity index is 355. The van der Waals surface area contributed by atoms with Crippen molar-refractivity contribution in [2.24, 2.45) is 0 Å². The van der Waals surface area contributed by atoms with E-state index in [1.54, 1.807) is 5.38 Å². The SMILES string of the molecule is CNS(=O)(=O)c1cc(CO)cs1. The predicted molar refractivity (Wildman–Crippen MR) is 46.5 cm³/mol. The molecule has 1 aromatic rings. The maximum atomic E-state index is 11.1. The first-order valence-corrected chi connectivity index (χ1v) is 5.58. The van der Waals surface area contributed by atoms with Crippen LogP contribution in [0.5, 0.6) is 0 Å². The van der Waals surface area contributed by atoms with Gasteiger partial charge in [-0.05, 0) is 24.1 Å². The molecule has 0 amide bonds. The minimum Gasteiger partial charge on any atom is -0.392 e. The highest BCUT2D eigenvalue weighted by Crippen LogP contribution is 2.19. The molecule has 0 unspecified atom stereocenters. The van der Waals surface area contributed by atoms with Crippen molar-refractivity contribution in [3.05, 3.63) is 17.0 Å². The lowest BCUT2D eigenvalue weighted by molar-refractivity contribution is 0.282. The van der Waals surface area contributed by atoms with Crippen molar-refractivity contribution in [1.29, 1.82) is 0 Å². The predicted octanol–water partition coefficient (Wildman–Crippen LogP) is 0.149. The summed E-state index contributed by atoms with van der Waals surface area (Å²) in [6.07, 6.45) is 0. The third-order valence-electron chi connectivity index (χ3n) is 1.35. The number of hydrogen-bond donors (Lipinski definition) is 2. The lowest BCUT2D eigenvalue weighted by Gasteiger charge is -1.95. The first-order chi connectivity index (χ1) is 5.60. The summed E-state index contributed by atoms with van der Waals surface area (Å²) in [5, 5.41) is 10.3. The summed E-state index contributed by atoms with van der Waals surface area (Å²) in [7, 11) is -1.98. The maximum Gasteiger partial charge on any atom is 0.249 e. The Morgan fingerprint density at radius 3 is 2.75 bits per heavy atom. The van der Waals surface area contributed by atoms with E-state index >= 15 is 0 Å². The van der Waals surface area contributed by atoms with Gasteiger partial charge in [-0.1, -0.05) is 0 Å². The van der Waals surface area contributed by atoms with E-state index in [0.717, 1.165) is 11.3 Å². The zero-order valence-corrected chi connectivity index (χ0v) is 8.08. The van der Waals surface area contributed by atoms with Gasteiger partial charge in [-0.25, -0.2) is 13.1 Å². The van der Waals surface area contributed by atoms with Crippen molar-refractivity contribution >= 4 is 21.4 Å². The second kappa shape index (κ2) is 3.53. The molecule has 0 radical (unpaired) electrons. The Labute approximate surface area is 74.9 Å². The normalized spacial score (nSPS) is 11.8. The van der Waals surface area contributed by atoms with E-state index < -0.39 is 10.0 Å². The van der Waals surface area contributed by atoms with Gasteiger partial charge in [-0.2, -0.15) is 0 Å². The minimum absolute atomic E-state index is 0.129. The highest BCUT2D eigenvalue weighted by Gasteiger charge is 2.13. The highest BCUT2D eigenvalue weighted by molar-refractivity contribution is 7.91. The van der Waals surface area contributed by atoms with E-state index in [2.05, 4.69) is 4.72 Å². The van der Waals surface area contributed by atoms with Crippen LogP contribution in [-0.4, -0.2) is 20.6 Å². The molecule has 0 aliphatic rings. The molecule has 1 aromatic heterocycles. The highest BCUT2D eigenvalue weighted by atomic mass is 32.2. The van der Waals surface area contributed by atoms with Crippen molar-refractivity contribution in [2.45, 2.75) is 10.8 Å². The lowest BCUT2D eigenvalue weighted by Crippen LogP contribution is -2.17. The molecule has 0 atom stereocenters. The van der Waals surface area contributed by atoms with Gasteiger partial charge < -0.3 is 5.11 Å². The molecule has 0 saturated carbocycles. The van der Waals surface area contributed by atoms with Crippen molar-refractivity contribution in [1.82, 2.24) is 4.72 Å². The molecule has 0 bridgehead atoms. The van der Waals surface area contributed by atoms with Gasteiger partial charge in [0.25, 0.3) is 0 Å². The second-order valence-electron chi connectivity index (χ2n) is 2.14. The summed E-state index contributed by atoms with van der Waals surface area (Å²) in [5.74, 6) is 0. The Morgan fingerprint density at radius 2 is 2.33 bits per heavy atom. The Kier molecular flexibility index (Phi) is 2.84. The molecule has 0 aliphatic heterocycles. The molecular formula is C6H9NO3S2. The Morgan fingerprint density at radius 1 is 1.67 bits per heavy atom. The fraction of sp³-hybridized carbons (Fsp3) is 0.333. The van der Waals surface area contributed by atoms with E-state index in [9.17, 15) is 8.42 Å². The molecule has 4 nitrogen and oxygen atoms in total. The van der Waals surface area contributed by atoms with Crippen LogP contribution in [0.2, 0.25) is 0 Å². The van der Waals surface area contributed by atoms with Crippen molar-refractivity contribution in [3.8, 4) is 0 Å². The van der Waals surface area contributed by atoms with Crippen LogP contribution in [0.1, 0.15) is 5.56 Å². The van der Waals surface area contributed by atoms with Crippen molar-refractivity contribution < 1.29 is 13.5 Å². The summed E-state index contributed by atoms with van der Waals surface area (Å²) in [6, 6.07) is 1.45. The van der Waals surface area contributed by atoms with Gasteiger partial charge in [0.15, 0.2) is 0 Å². The van der Waals surface area contributed by atoms with Gasteiger partial charge in [-0.3, -0.25) is 0 Å². The smallest absolute Gasteiger partial charge is 0.249 e. The first kappa shape index (κ1) is 9.66. The number of aliphatic hydroxyl groups is 1. The molecule has 1 rings (SSSR count). The van der Waals surface area contributed by atoms with Gasteiger partial charge in [0.2, 0.25) is 10.0 Å². The molecule has 0 aliphatic carbocycles. The lowest BCUT2D eigenvalue weighted by atomic mass is 10.4. The third-order valence-corrected chi connectivity index (χ3v) is 4.25. The van der Waals surface area contributed by atoms with Gasteiger partial charge in [0.1, 0.15) is 4.21 Å². The minimum atomic E-state index is -3.33. The van der Waals surface area contributed by atoms with Crippen LogP contribution in [0, 0.1) is 0 Å². The Hall–Kier alpha value is -0.430. The van der Waals surface area contributed by atoms with Gasteiger partial charge in [0, 0.05) is 0 Å². The van der Waals surface area contributed by atoms with Crippen LogP contribution in [0.4, 0.5) is 0 Å². The largest absolute Gasteiger partial charge is 0.392 e. The van der Waals surface area contributed by atoms with Crippen LogP contribution in [0.15, 0.2) is 15.7 Å². The van der Waals surface area contributed by atoms with Crippen LogP contribution < -0.4 is 4.72 Å². The quantitative estimate of drug-likeness (QED) is 0.741. The zero-order valence-electron chi connectivity index (χ0n) is 6.44. The van der Waals surface area contributed by atoms with Crippen LogP contribution in [-0.2, 0) is 16.6 Å². The van der Waals surface area contributed by atoms with E-state index in [4.69, 9.17) is 5.11 Å². The molecule has 0 fully saturated rings. The molecular weight excluding hydrogens is 198 g/mol. The van der Waals surface area contributed by atoms with E-state index in [0.29, 0.717) is 5.56 Å². The van der Waals surface area contributed by atoms with Crippen molar-refractivity contribution in [3.63, 3.8) is 0 Å². The molecule has 1 heterocycles. The summed E-state index contributed by atoms with van der Waals surface area (Å²) < 4.78 is 24.7. The fourth-order valence-electron chi connectivity index (χ4n) is 0.678. The Balaban J connectivity index is 3.05. The van der Waals surface area contributed by atoms with E-state index in [1.165, 1.54) is 13.1 Å². The van der Waals surface area contributed by atoms with Crippen LogP contribution in [0.25, 0.3) is 0 Å². The average Bonchev–Trinajstić information content (AvgIpc) is 2.52. The number of hydrogen-bond acceptors (Lipinski definition) is 4. The van der Waals surface area contributed by atoms with Gasteiger partial charge in [0.05, 0.1) is 6.61 Å². The third kappa shape index (κ3) is 1.84. The molecule has 12 heavy (non-hydrogen) atoms. The molecule has 68 valence electrons. The van der Waals surface area contributed by atoms with E-state index in [-0.39, 0.29) is 10.8 Å². The summed E-state index contributed by atoms with van der Waals surface area (Å²) >= 11 is 1.10. The number of aliphatic hydroxyl groups excluding tert-OH is 1. The van der Waals surface area contributed by atoms with Gasteiger partial charge in [-0.15, -0.1) is 11.3 Å². The summed E-state index contributed by atoms with van der Waals surface area (Å²) in [5.41, 5.74) is 0.619. The van der Waals surface area contributed by atoms with Crippen LogP contribution in [0.3, 0.4) is 0 Å². The molecule has 0 spiro atoms. The second-order valence-corrected chi connectivity index (χ2v) is 5.16. The summed E-state index contributed by atoms with van der Waals surface area (Å²) in [4.78, 5) is 0. The van der Waals surface area contributed by atoms with Crippen molar-refractivity contribution in [2.75, 3.05) is 7.05 Å². The molecule has 6 heteroatoms. The van der Waals surface area contributed by atoms with Gasteiger partial charge >= 0.3 is 0 Å². The topological polar surface area (TPSA) is 66.4 Å². The number of sulfonamides is 1. The molecule has 2 N–H and O–H groups in total. The molecule has 0 saturated heterocycles. The fourth-order valence-corrected chi connectivity index (χ4v) is 2.72. The van der Waals surface area contributed by atoms with Crippen LogP contribution >= 0.6 is 11.3 Å². The monoisotopic (exact) mass is 207 g/mol. The average molecular weight is 207 g/mol. The summed E-state index contributed by atoms with van der Waals surface area (Å²) in [6.45, 7) is -0.129.